The van der Waals surface area contributed by atoms with Crippen molar-refractivity contribution >= 4 is 27.3 Å². The summed E-state index contributed by atoms with van der Waals surface area (Å²) in [6.45, 7) is 3.46. The molecule has 1 aromatic heterocycles. The molecule has 1 aromatic carbocycles. The van der Waals surface area contributed by atoms with E-state index in [9.17, 15) is 4.39 Å². The minimum absolute atomic E-state index is 0.282. The van der Waals surface area contributed by atoms with Gasteiger partial charge in [-0.2, -0.15) is 0 Å². The van der Waals surface area contributed by atoms with Crippen LogP contribution in [0.2, 0.25) is 0 Å². The number of aryl methyl sites for hydroxylation is 1. The van der Waals surface area contributed by atoms with Crippen molar-refractivity contribution in [3.63, 3.8) is 0 Å². The van der Waals surface area contributed by atoms with Gasteiger partial charge in [0, 0.05) is 21.9 Å². The lowest BCUT2D eigenvalue weighted by molar-refractivity contribution is 0.305. The Kier molecular flexibility index (Phi) is 4.96. The van der Waals surface area contributed by atoms with Crippen LogP contribution in [0.15, 0.2) is 28.7 Å². The van der Waals surface area contributed by atoms with Gasteiger partial charge in [-0.1, -0.05) is 0 Å². The molecule has 2 aromatic rings. The summed E-state index contributed by atoms with van der Waals surface area (Å²) in [6, 6.07) is 6.82. The average Bonchev–Trinajstić information content (AvgIpc) is 2.72. The number of benzene rings is 1. The molecule has 0 unspecified atom stereocenters. The molecule has 1 N–H and O–H groups in total. The van der Waals surface area contributed by atoms with Crippen LogP contribution in [0.4, 0.5) is 4.39 Å². The van der Waals surface area contributed by atoms with E-state index in [1.54, 1.807) is 23.5 Å². The summed E-state index contributed by atoms with van der Waals surface area (Å²) in [5, 5.41) is 3.13. The molecule has 102 valence electrons. The number of ether oxygens (including phenoxy) is 1. The van der Waals surface area contributed by atoms with Gasteiger partial charge < -0.3 is 10.1 Å². The van der Waals surface area contributed by atoms with Crippen molar-refractivity contribution in [3.05, 3.63) is 49.9 Å². The lowest BCUT2D eigenvalue weighted by Crippen LogP contribution is -2.02. The Balaban J connectivity index is 2.03. The predicted octanol–water partition coefficient (Wildman–Crippen LogP) is 4.26. The average molecular weight is 344 g/mol. The topological polar surface area (TPSA) is 21.3 Å². The van der Waals surface area contributed by atoms with Gasteiger partial charge in [0.1, 0.15) is 18.2 Å². The molecule has 0 fully saturated rings. The van der Waals surface area contributed by atoms with Crippen LogP contribution in [0.1, 0.15) is 15.3 Å². The number of nitrogens with one attached hydrogen (secondary N) is 1. The molecule has 0 atom stereocenters. The zero-order valence-corrected chi connectivity index (χ0v) is 13.2. The maximum Gasteiger partial charge on any atom is 0.137 e. The Labute approximate surface area is 124 Å². The van der Waals surface area contributed by atoms with Gasteiger partial charge in [-0.05, 0) is 54.2 Å². The van der Waals surface area contributed by atoms with E-state index < -0.39 is 0 Å². The van der Waals surface area contributed by atoms with Crippen molar-refractivity contribution in [1.29, 1.82) is 0 Å². The minimum Gasteiger partial charge on any atom is -0.489 e. The monoisotopic (exact) mass is 343 g/mol. The fourth-order valence-electron chi connectivity index (χ4n) is 1.72. The molecule has 1 heterocycles. The van der Waals surface area contributed by atoms with Crippen molar-refractivity contribution < 1.29 is 9.13 Å². The van der Waals surface area contributed by atoms with Crippen LogP contribution in [0.25, 0.3) is 0 Å². The molecule has 0 bridgehead atoms. The molecule has 0 aliphatic rings. The Morgan fingerprint density at radius 1 is 1.37 bits per heavy atom. The maximum atomic E-state index is 13.1. The summed E-state index contributed by atoms with van der Waals surface area (Å²) < 4.78 is 19.2. The van der Waals surface area contributed by atoms with E-state index in [-0.39, 0.29) is 5.82 Å². The first kappa shape index (κ1) is 14.5. The molecule has 19 heavy (non-hydrogen) atoms. The van der Waals surface area contributed by atoms with Gasteiger partial charge >= 0.3 is 0 Å². The Morgan fingerprint density at radius 3 is 2.84 bits per heavy atom. The molecule has 0 amide bonds. The van der Waals surface area contributed by atoms with Gasteiger partial charge in [-0.15, -0.1) is 11.3 Å². The summed E-state index contributed by atoms with van der Waals surface area (Å²) in [6.07, 6.45) is 0. The highest BCUT2D eigenvalue weighted by Gasteiger charge is 2.07. The van der Waals surface area contributed by atoms with Crippen LogP contribution in [0.3, 0.4) is 0 Å². The largest absolute Gasteiger partial charge is 0.489 e. The van der Waals surface area contributed by atoms with Crippen LogP contribution in [-0.2, 0) is 13.2 Å². The molecule has 0 radical (unpaired) electrons. The molecular weight excluding hydrogens is 329 g/mol. The third-order valence-electron chi connectivity index (χ3n) is 2.71. The highest BCUT2D eigenvalue weighted by Crippen LogP contribution is 2.25. The van der Waals surface area contributed by atoms with E-state index in [0.29, 0.717) is 16.8 Å². The standard InChI is InChI=1S/C14H15BrFNOS/c1-9-10(5-12(19-9)7-17-2)8-18-11-3-4-14(16)13(15)6-11/h3-6,17H,7-8H2,1-2H3. The quantitative estimate of drug-likeness (QED) is 0.875. The number of halogens is 2. The minimum atomic E-state index is -0.282. The molecule has 5 heteroatoms. The first-order valence-electron chi connectivity index (χ1n) is 5.91. The van der Waals surface area contributed by atoms with E-state index >= 15 is 0 Å². The van der Waals surface area contributed by atoms with Gasteiger partial charge in [-0.3, -0.25) is 0 Å². The van der Waals surface area contributed by atoms with Crippen LogP contribution < -0.4 is 10.1 Å². The van der Waals surface area contributed by atoms with E-state index in [4.69, 9.17) is 4.74 Å². The molecule has 0 spiro atoms. The zero-order valence-electron chi connectivity index (χ0n) is 10.8. The van der Waals surface area contributed by atoms with Crippen LogP contribution in [0, 0.1) is 12.7 Å². The van der Waals surface area contributed by atoms with Gasteiger partial charge in [0.2, 0.25) is 0 Å². The van der Waals surface area contributed by atoms with E-state index in [0.717, 1.165) is 6.54 Å². The Hall–Kier alpha value is -0.910. The first-order chi connectivity index (χ1) is 9.10. The fraction of sp³-hybridized carbons (Fsp3) is 0.286. The van der Waals surface area contributed by atoms with E-state index in [1.165, 1.54) is 21.4 Å². The molecular formula is C14H15BrFNOS. The summed E-state index contributed by atoms with van der Waals surface area (Å²) in [4.78, 5) is 2.55. The third kappa shape index (κ3) is 3.78. The normalized spacial score (nSPS) is 10.7. The van der Waals surface area contributed by atoms with Crippen molar-refractivity contribution in [2.75, 3.05) is 7.05 Å². The lowest BCUT2D eigenvalue weighted by atomic mass is 10.2. The van der Waals surface area contributed by atoms with E-state index in [2.05, 4.69) is 34.2 Å². The Bertz CT molecular complexity index is 571. The molecule has 0 saturated heterocycles. The van der Waals surface area contributed by atoms with Gasteiger partial charge in [-0.25, -0.2) is 4.39 Å². The van der Waals surface area contributed by atoms with Crippen molar-refractivity contribution in [2.45, 2.75) is 20.1 Å². The van der Waals surface area contributed by atoms with Crippen LogP contribution >= 0.6 is 27.3 Å². The second kappa shape index (κ2) is 6.50. The summed E-state index contributed by atoms with van der Waals surface area (Å²) in [5.74, 6) is 0.379. The van der Waals surface area contributed by atoms with E-state index in [1.807, 2.05) is 7.05 Å². The molecule has 0 aliphatic heterocycles. The SMILES string of the molecule is CNCc1cc(COc2ccc(F)c(Br)c2)c(C)s1. The fourth-order valence-corrected chi connectivity index (χ4v) is 3.14. The molecule has 0 aliphatic carbocycles. The maximum absolute atomic E-state index is 13.1. The highest BCUT2D eigenvalue weighted by atomic mass is 79.9. The zero-order chi connectivity index (χ0) is 13.8. The number of hydrogen-bond donors (Lipinski definition) is 1. The van der Waals surface area contributed by atoms with Gasteiger partial charge in [0.15, 0.2) is 0 Å². The first-order valence-corrected chi connectivity index (χ1v) is 7.51. The smallest absolute Gasteiger partial charge is 0.137 e. The van der Waals surface area contributed by atoms with Crippen molar-refractivity contribution in [2.24, 2.45) is 0 Å². The number of rotatable bonds is 5. The van der Waals surface area contributed by atoms with Crippen LogP contribution in [0.5, 0.6) is 5.75 Å². The summed E-state index contributed by atoms with van der Waals surface area (Å²) in [5.41, 5.74) is 1.18. The van der Waals surface area contributed by atoms with Crippen molar-refractivity contribution in [1.82, 2.24) is 5.32 Å². The lowest BCUT2D eigenvalue weighted by Gasteiger charge is -2.06. The molecule has 2 nitrogen and oxygen atoms in total. The van der Waals surface area contributed by atoms with Gasteiger partial charge in [0.25, 0.3) is 0 Å². The summed E-state index contributed by atoms with van der Waals surface area (Å²) >= 11 is 4.92. The molecule has 0 saturated carbocycles. The third-order valence-corrected chi connectivity index (χ3v) is 4.41. The summed E-state index contributed by atoms with van der Waals surface area (Å²) in [7, 11) is 1.93. The number of hydrogen-bond acceptors (Lipinski definition) is 3. The second-order valence-electron chi connectivity index (χ2n) is 4.19. The number of thiophene rings is 1. The van der Waals surface area contributed by atoms with Crippen LogP contribution in [-0.4, -0.2) is 7.05 Å². The molecule has 2 rings (SSSR count). The Morgan fingerprint density at radius 2 is 2.16 bits per heavy atom. The highest BCUT2D eigenvalue weighted by molar-refractivity contribution is 9.10. The predicted molar refractivity (Wildman–Crippen MR) is 80.3 cm³/mol. The van der Waals surface area contributed by atoms with Crippen molar-refractivity contribution in [3.8, 4) is 5.75 Å². The second-order valence-corrected chi connectivity index (χ2v) is 6.38. The van der Waals surface area contributed by atoms with Gasteiger partial charge in [0.05, 0.1) is 4.47 Å².